The monoisotopic (exact) mass is 458 g/mol. The highest BCUT2D eigenvalue weighted by Gasteiger charge is 2.37. The quantitative estimate of drug-likeness (QED) is 0.336. The smallest absolute Gasteiger partial charge is 0.127 e. The number of methoxy groups -OCH3 is 1. The Hall–Kier alpha value is -2.85. The first-order chi connectivity index (χ1) is 14.7. The van der Waals surface area contributed by atoms with Crippen molar-refractivity contribution in [2.75, 3.05) is 12.4 Å². The average molecular weight is 459 g/mol. The Morgan fingerprint density at radius 1 is 1.07 bits per heavy atom. The minimum absolute atomic E-state index is 0.308. The van der Waals surface area contributed by atoms with Crippen LogP contribution < -0.4 is 10.1 Å². The highest BCUT2D eigenvalue weighted by molar-refractivity contribution is 9.10. The molecule has 2 aliphatic rings. The number of halogens is 1. The number of aliphatic imine (C=N–C) groups is 1. The van der Waals surface area contributed by atoms with Gasteiger partial charge in [0.15, 0.2) is 0 Å². The predicted octanol–water partition coefficient (Wildman–Crippen LogP) is 7.03. The van der Waals surface area contributed by atoms with Gasteiger partial charge in [-0.3, -0.25) is 4.99 Å². The Morgan fingerprint density at radius 3 is 2.73 bits per heavy atom. The molecule has 0 spiro atoms. The molecule has 1 aliphatic heterocycles. The molecule has 3 aromatic rings. The number of hydrogen-bond acceptors (Lipinski definition) is 3. The second kappa shape index (κ2) is 8.11. The van der Waals surface area contributed by atoms with Gasteiger partial charge in [0.2, 0.25) is 0 Å². The molecule has 5 rings (SSSR count). The molecule has 0 unspecified atom stereocenters. The van der Waals surface area contributed by atoms with Crippen molar-refractivity contribution in [3.63, 3.8) is 0 Å². The second-order valence-corrected chi connectivity index (χ2v) is 8.71. The molecule has 4 heteroatoms. The third-order valence-electron chi connectivity index (χ3n) is 6.07. The first kappa shape index (κ1) is 19.1. The molecule has 0 radical (unpaired) electrons. The third kappa shape index (κ3) is 3.56. The molecule has 0 saturated carbocycles. The molecule has 30 heavy (non-hydrogen) atoms. The summed E-state index contributed by atoms with van der Waals surface area (Å²) in [7, 11) is 1.68. The Labute approximate surface area is 185 Å². The Morgan fingerprint density at radius 2 is 1.90 bits per heavy atom. The lowest BCUT2D eigenvalue weighted by molar-refractivity contribution is 0.414. The van der Waals surface area contributed by atoms with Crippen LogP contribution in [0.2, 0.25) is 0 Å². The molecule has 0 amide bonds. The summed E-state index contributed by atoms with van der Waals surface area (Å²) in [6, 6.07) is 23.5. The van der Waals surface area contributed by atoms with E-state index >= 15 is 0 Å². The second-order valence-electron chi connectivity index (χ2n) is 7.80. The zero-order valence-corrected chi connectivity index (χ0v) is 18.3. The van der Waals surface area contributed by atoms with Crippen LogP contribution in [0.4, 0.5) is 11.4 Å². The van der Waals surface area contributed by atoms with Crippen molar-refractivity contribution < 1.29 is 4.74 Å². The number of anilines is 1. The fourth-order valence-electron chi connectivity index (χ4n) is 4.59. The molecule has 0 saturated heterocycles. The van der Waals surface area contributed by atoms with Crippen molar-refractivity contribution >= 4 is 33.5 Å². The number of rotatable bonds is 4. The van der Waals surface area contributed by atoms with Crippen molar-refractivity contribution in [3.8, 4) is 5.75 Å². The van der Waals surface area contributed by atoms with E-state index in [1.165, 1.54) is 16.8 Å². The number of nitrogens with zero attached hydrogens (tertiary/aromatic N) is 1. The van der Waals surface area contributed by atoms with Crippen LogP contribution in [0.25, 0.3) is 0 Å². The van der Waals surface area contributed by atoms with E-state index in [0.717, 1.165) is 27.9 Å². The van der Waals surface area contributed by atoms with E-state index in [1.807, 2.05) is 24.4 Å². The van der Waals surface area contributed by atoms with Crippen molar-refractivity contribution in [3.05, 3.63) is 100 Å². The SMILES string of the molecule is COc1ccc(Br)cc1C=Nc1ccc([C@@H]2Nc3ccccc3[C@@H]3C=CC[C@H]32)cc1. The van der Waals surface area contributed by atoms with Crippen LogP contribution in [-0.2, 0) is 0 Å². The summed E-state index contributed by atoms with van der Waals surface area (Å²) in [6.45, 7) is 0. The van der Waals surface area contributed by atoms with Crippen LogP contribution in [0.15, 0.2) is 88.3 Å². The molecule has 1 heterocycles. The first-order valence-corrected chi connectivity index (χ1v) is 11.0. The lowest BCUT2D eigenvalue weighted by Gasteiger charge is -2.37. The molecule has 0 aromatic heterocycles. The van der Waals surface area contributed by atoms with Gasteiger partial charge in [-0.2, -0.15) is 0 Å². The van der Waals surface area contributed by atoms with Gasteiger partial charge in [0.05, 0.1) is 18.8 Å². The highest BCUT2D eigenvalue weighted by Crippen LogP contribution is 2.49. The van der Waals surface area contributed by atoms with E-state index in [-0.39, 0.29) is 0 Å². The largest absolute Gasteiger partial charge is 0.496 e. The average Bonchev–Trinajstić information content (AvgIpc) is 3.28. The van der Waals surface area contributed by atoms with Crippen LogP contribution in [0.1, 0.15) is 35.1 Å². The van der Waals surface area contributed by atoms with Crippen LogP contribution in [-0.4, -0.2) is 13.3 Å². The topological polar surface area (TPSA) is 33.6 Å². The van der Waals surface area contributed by atoms with Gasteiger partial charge in [0, 0.05) is 27.9 Å². The van der Waals surface area contributed by atoms with Crippen molar-refractivity contribution in [2.45, 2.75) is 18.4 Å². The molecule has 150 valence electrons. The van der Waals surface area contributed by atoms with Gasteiger partial charge < -0.3 is 10.1 Å². The maximum absolute atomic E-state index is 5.43. The van der Waals surface area contributed by atoms with E-state index in [9.17, 15) is 0 Å². The molecular weight excluding hydrogens is 436 g/mol. The fraction of sp³-hybridized carbons (Fsp3) is 0.192. The number of nitrogens with one attached hydrogen (secondary N) is 1. The van der Waals surface area contributed by atoms with Crippen LogP contribution in [0.3, 0.4) is 0 Å². The molecular formula is C26H23BrN2O. The molecule has 3 aromatic carbocycles. The van der Waals surface area contributed by atoms with Crippen LogP contribution in [0.5, 0.6) is 5.75 Å². The van der Waals surface area contributed by atoms with E-state index in [4.69, 9.17) is 4.74 Å². The highest BCUT2D eigenvalue weighted by atomic mass is 79.9. The Bertz CT molecular complexity index is 1120. The summed E-state index contributed by atoms with van der Waals surface area (Å²) < 4.78 is 6.43. The number of fused-ring (bicyclic) bond motifs is 3. The van der Waals surface area contributed by atoms with Crippen molar-refractivity contribution in [1.29, 1.82) is 0 Å². The van der Waals surface area contributed by atoms with E-state index in [2.05, 4.69) is 86.9 Å². The standard InChI is InChI=1S/C26H23BrN2O/c1-30-25-14-11-19(27)15-18(25)16-28-20-12-9-17(10-13-20)26-23-7-4-6-21(23)22-5-2-3-8-24(22)29-26/h2-6,8-16,21,23,26,29H,7H2,1H3/t21-,23+,26-/m0/s1. The van der Waals surface area contributed by atoms with E-state index < -0.39 is 0 Å². The summed E-state index contributed by atoms with van der Waals surface area (Å²) in [5, 5.41) is 3.78. The number of benzene rings is 3. The minimum atomic E-state index is 0.308. The number of allylic oxidation sites excluding steroid dienone is 2. The number of ether oxygens (including phenoxy) is 1. The molecule has 1 N–H and O–H groups in total. The summed E-state index contributed by atoms with van der Waals surface area (Å²) in [6.07, 6.45) is 7.67. The lowest BCUT2D eigenvalue weighted by atomic mass is 9.77. The number of hydrogen-bond donors (Lipinski definition) is 1. The van der Waals surface area contributed by atoms with Crippen LogP contribution >= 0.6 is 15.9 Å². The summed E-state index contributed by atoms with van der Waals surface area (Å²) >= 11 is 3.51. The summed E-state index contributed by atoms with van der Waals surface area (Å²) in [5.41, 5.74) is 5.84. The Kier molecular flexibility index (Phi) is 5.17. The van der Waals surface area contributed by atoms with Gasteiger partial charge in [0.1, 0.15) is 5.75 Å². The van der Waals surface area contributed by atoms with Crippen molar-refractivity contribution in [2.24, 2.45) is 10.9 Å². The van der Waals surface area contributed by atoms with E-state index in [1.54, 1.807) is 7.11 Å². The minimum Gasteiger partial charge on any atom is -0.496 e. The zero-order chi connectivity index (χ0) is 20.5. The molecule has 1 aliphatic carbocycles. The van der Waals surface area contributed by atoms with Crippen molar-refractivity contribution in [1.82, 2.24) is 0 Å². The van der Waals surface area contributed by atoms with Gasteiger partial charge in [-0.15, -0.1) is 0 Å². The van der Waals surface area contributed by atoms with Gasteiger partial charge >= 0.3 is 0 Å². The van der Waals surface area contributed by atoms with Gasteiger partial charge in [-0.05, 0) is 59.9 Å². The van der Waals surface area contributed by atoms with Gasteiger partial charge in [0.25, 0.3) is 0 Å². The Balaban J connectivity index is 1.39. The summed E-state index contributed by atoms with van der Waals surface area (Å²) in [4.78, 5) is 4.66. The predicted molar refractivity (Wildman–Crippen MR) is 127 cm³/mol. The lowest BCUT2D eigenvalue weighted by Crippen LogP contribution is -2.28. The first-order valence-electron chi connectivity index (χ1n) is 10.2. The van der Waals surface area contributed by atoms with E-state index in [0.29, 0.717) is 17.9 Å². The molecule has 0 fully saturated rings. The molecule has 3 atom stereocenters. The third-order valence-corrected chi connectivity index (χ3v) is 6.56. The van der Waals surface area contributed by atoms with Gasteiger partial charge in [-0.25, -0.2) is 0 Å². The maximum atomic E-state index is 5.43. The van der Waals surface area contributed by atoms with Crippen LogP contribution in [0, 0.1) is 5.92 Å². The normalized spacial score (nSPS) is 21.9. The molecule has 3 nitrogen and oxygen atoms in total. The fourth-order valence-corrected chi connectivity index (χ4v) is 4.97. The summed E-state index contributed by atoms with van der Waals surface area (Å²) in [5.74, 6) is 1.86. The zero-order valence-electron chi connectivity index (χ0n) is 16.8. The maximum Gasteiger partial charge on any atom is 0.127 e. The number of para-hydroxylation sites is 1. The molecule has 0 bridgehead atoms. The van der Waals surface area contributed by atoms with Gasteiger partial charge in [-0.1, -0.05) is 58.4 Å².